The quantitative estimate of drug-likeness (QED) is 0.533. The van der Waals surface area contributed by atoms with Crippen molar-refractivity contribution >= 4 is 30.1 Å². The van der Waals surface area contributed by atoms with Crippen LogP contribution in [0, 0.1) is 5.82 Å². The fraction of sp³-hybridized carbons (Fsp3) is 0.222. The Balaban J connectivity index is 1.36. The van der Waals surface area contributed by atoms with Gasteiger partial charge in [-0.25, -0.2) is 9.07 Å². The van der Waals surface area contributed by atoms with Crippen LogP contribution in [0.5, 0.6) is 0 Å². The first kappa shape index (κ1) is 23.3. The Bertz CT molecular complexity index is 1360. The van der Waals surface area contributed by atoms with Gasteiger partial charge in [0.2, 0.25) is 0 Å². The summed E-state index contributed by atoms with van der Waals surface area (Å²) in [4.78, 5) is 28.6. The van der Waals surface area contributed by atoms with Crippen LogP contribution in [0.25, 0.3) is 29.2 Å². The van der Waals surface area contributed by atoms with Crippen molar-refractivity contribution in [1.29, 1.82) is 0 Å². The second-order valence-corrected chi connectivity index (χ2v) is 8.58. The van der Waals surface area contributed by atoms with E-state index < -0.39 is 5.82 Å². The number of likely N-dealkylation sites (tertiary alicyclic amines) is 1. The number of halogens is 1. The first-order valence-corrected chi connectivity index (χ1v) is 11.9. The second-order valence-electron chi connectivity index (χ2n) is 8.58. The Morgan fingerprint density at radius 2 is 2.14 bits per heavy atom. The molecule has 1 atom stereocenters. The molecule has 0 spiro atoms. The van der Waals surface area contributed by atoms with Crippen molar-refractivity contribution in [3.05, 3.63) is 83.9 Å². The van der Waals surface area contributed by atoms with E-state index in [1.165, 1.54) is 12.1 Å². The molecule has 0 saturated carbocycles. The van der Waals surface area contributed by atoms with E-state index in [-0.39, 0.29) is 11.9 Å². The highest BCUT2D eigenvalue weighted by Gasteiger charge is 2.33. The number of nitrogens with zero attached hydrogens (tertiary/aromatic N) is 6. The lowest BCUT2D eigenvalue weighted by atomic mass is 10.1. The largest absolute Gasteiger partial charge is 0.397 e. The van der Waals surface area contributed by atoms with Crippen LogP contribution >= 0.6 is 0 Å². The third-order valence-electron chi connectivity index (χ3n) is 6.20. The monoisotopic (exact) mass is 483 g/mol. The van der Waals surface area contributed by atoms with E-state index in [0.29, 0.717) is 35.9 Å². The van der Waals surface area contributed by atoms with Gasteiger partial charge in [-0.1, -0.05) is 18.2 Å². The number of fused-ring (bicyclic) bond motifs is 1. The predicted molar refractivity (Wildman–Crippen MR) is 138 cm³/mol. The van der Waals surface area contributed by atoms with Crippen molar-refractivity contribution in [3.63, 3.8) is 0 Å². The molecule has 5 rings (SSSR count). The molecule has 2 aliphatic rings. The molecule has 182 valence electrons. The van der Waals surface area contributed by atoms with E-state index in [0.717, 1.165) is 36.7 Å². The lowest BCUT2D eigenvalue weighted by Gasteiger charge is -2.23. The second kappa shape index (κ2) is 10.5. The molecule has 3 aromatic rings. The van der Waals surface area contributed by atoms with Crippen LogP contribution in [0.1, 0.15) is 41.1 Å². The van der Waals surface area contributed by atoms with Gasteiger partial charge in [0, 0.05) is 25.2 Å². The van der Waals surface area contributed by atoms with Crippen molar-refractivity contribution in [2.24, 2.45) is 10.7 Å². The lowest BCUT2D eigenvalue weighted by Crippen LogP contribution is -2.37. The molecule has 8 nitrogen and oxygen atoms in total. The van der Waals surface area contributed by atoms with Crippen LogP contribution in [-0.4, -0.2) is 55.9 Å². The van der Waals surface area contributed by atoms with Gasteiger partial charge in [0.15, 0.2) is 5.69 Å². The number of amides is 1. The summed E-state index contributed by atoms with van der Waals surface area (Å²) in [6, 6.07) is 8.44. The van der Waals surface area contributed by atoms with Crippen molar-refractivity contribution in [2.75, 3.05) is 13.1 Å². The molecule has 3 aromatic heterocycles. The average Bonchev–Trinajstić information content (AvgIpc) is 3.45. The molecule has 5 heterocycles. The minimum Gasteiger partial charge on any atom is -0.397 e. The summed E-state index contributed by atoms with van der Waals surface area (Å²) in [6.07, 6.45) is 16.6. The van der Waals surface area contributed by atoms with E-state index in [1.54, 1.807) is 23.2 Å². The first-order chi connectivity index (χ1) is 17.6. The van der Waals surface area contributed by atoms with Gasteiger partial charge in [-0.05, 0) is 55.7 Å². The number of carbonyl (C=O) groups is 1. The van der Waals surface area contributed by atoms with E-state index in [2.05, 4.69) is 20.1 Å². The van der Waals surface area contributed by atoms with Crippen LogP contribution in [0.4, 0.5) is 4.39 Å². The number of aliphatic imine (C=N–C) groups is 1. The van der Waals surface area contributed by atoms with E-state index in [4.69, 9.17) is 5.73 Å². The highest BCUT2D eigenvalue weighted by molar-refractivity contribution is 6.01. The normalized spacial score (nSPS) is 17.5. The molecule has 0 radical (unpaired) electrons. The Kier molecular flexibility index (Phi) is 6.79. The van der Waals surface area contributed by atoms with Crippen LogP contribution in [0.15, 0.2) is 65.9 Å². The molecule has 1 amide bonds. The summed E-state index contributed by atoms with van der Waals surface area (Å²) in [5.74, 6) is -0.542. The van der Waals surface area contributed by atoms with E-state index >= 15 is 0 Å². The van der Waals surface area contributed by atoms with Gasteiger partial charge in [-0.3, -0.25) is 19.8 Å². The Hall–Kier alpha value is -4.40. The van der Waals surface area contributed by atoms with E-state index in [9.17, 15) is 9.18 Å². The summed E-state index contributed by atoms with van der Waals surface area (Å²) in [5.41, 5.74) is 9.56. The fourth-order valence-corrected chi connectivity index (χ4v) is 4.43. The van der Waals surface area contributed by atoms with E-state index in [1.807, 2.05) is 47.5 Å². The van der Waals surface area contributed by atoms with Crippen LogP contribution in [0.3, 0.4) is 0 Å². The van der Waals surface area contributed by atoms with Crippen molar-refractivity contribution in [3.8, 4) is 11.3 Å². The van der Waals surface area contributed by atoms with Gasteiger partial charge in [-0.2, -0.15) is 5.10 Å². The highest BCUT2D eigenvalue weighted by Crippen LogP contribution is 2.31. The number of aromatic nitrogens is 4. The minimum atomic E-state index is -0.418. The Labute approximate surface area is 208 Å². The predicted octanol–water partition coefficient (Wildman–Crippen LogP) is 4.04. The SMILES string of the molecule is N/C(=C\C=NC[C@@H]1CCCN1C(=O)c1nn2c(c1-c1ccccn1)C=CCC=C2)c1ccc(F)cn1. The number of hydrogen-bond acceptors (Lipinski definition) is 6. The third kappa shape index (κ3) is 4.86. The molecule has 2 aliphatic heterocycles. The maximum absolute atomic E-state index is 13.8. The fourth-order valence-electron chi connectivity index (χ4n) is 4.43. The highest BCUT2D eigenvalue weighted by atomic mass is 19.1. The third-order valence-corrected chi connectivity index (χ3v) is 6.20. The Morgan fingerprint density at radius 3 is 2.94 bits per heavy atom. The van der Waals surface area contributed by atoms with Gasteiger partial charge in [0.25, 0.3) is 5.91 Å². The zero-order chi connectivity index (χ0) is 24.9. The minimum absolute atomic E-state index is 0.0449. The number of carbonyl (C=O) groups excluding carboxylic acids is 1. The zero-order valence-electron chi connectivity index (χ0n) is 19.7. The summed E-state index contributed by atoms with van der Waals surface area (Å²) in [6.45, 7) is 1.09. The van der Waals surface area contributed by atoms with Crippen LogP contribution in [-0.2, 0) is 0 Å². The van der Waals surface area contributed by atoms with Crippen LogP contribution < -0.4 is 5.73 Å². The molecule has 1 saturated heterocycles. The van der Waals surface area contributed by atoms with Gasteiger partial charge in [-0.15, -0.1) is 0 Å². The standard InChI is InChI=1S/C27H26FN7O/c28-19-10-11-22(32-17-19)21(29)12-14-30-18-20-7-6-15-34(20)27(36)26-25(23-8-3-4-13-31-23)24-9-2-1-5-16-35(24)33-26/h2-5,8-14,16-17,20H,1,6-7,15,18,29H2/b21-12-,30-14?/t20-/m0/s1. The molecule has 1 fully saturated rings. The van der Waals surface area contributed by atoms with Gasteiger partial charge in [0.1, 0.15) is 5.82 Å². The summed E-state index contributed by atoms with van der Waals surface area (Å²) >= 11 is 0. The maximum Gasteiger partial charge on any atom is 0.275 e. The molecule has 0 bridgehead atoms. The van der Waals surface area contributed by atoms with Gasteiger partial charge in [0.05, 0.1) is 47.1 Å². The molecule has 0 aliphatic carbocycles. The number of rotatable bonds is 6. The smallest absolute Gasteiger partial charge is 0.275 e. The van der Waals surface area contributed by atoms with Crippen LogP contribution in [0.2, 0.25) is 0 Å². The Morgan fingerprint density at radius 1 is 1.22 bits per heavy atom. The lowest BCUT2D eigenvalue weighted by molar-refractivity contribution is 0.0736. The maximum atomic E-state index is 13.8. The number of allylic oxidation sites excluding steroid dienone is 3. The van der Waals surface area contributed by atoms with Crippen molar-refractivity contribution < 1.29 is 9.18 Å². The zero-order valence-corrected chi connectivity index (χ0v) is 19.7. The molecule has 9 heteroatoms. The number of pyridine rings is 2. The number of hydrogen-bond donors (Lipinski definition) is 1. The summed E-state index contributed by atoms with van der Waals surface area (Å²) < 4.78 is 14.8. The van der Waals surface area contributed by atoms with Crippen molar-refractivity contribution in [2.45, 2.75) is 25.3 Å². The summed E-state index contributed by atoms with van der Waals surface area (Å²) in [7, 11) is 0. The number of nitrogens with two attached hydrogens (primary N) is 1. The molecule has 0 aromatic carbocycles. The first-order valence-electron chi connectivity index (χ1n) is 11.9. The van der Waals surface area contributed by atoms with Gasteiger partial charge >= 0.3 is 0 Å². The van der Waals surface area contributed by atoms with Gasteiger partial charge < -0.3 is 10.6 Å². The molecule has 2 N–H and O–H groups in total. The molecular weight excluding hydrogens is 457 g/mol. The topological polar surface area (TPSA) is 102 Å². The summed E-state index contributed by atoms with van der Waals surface area (Å²) in [5, 5.41) is 4.67. The molecule has 0 unspecified atom stereocenters. The van der Waals surface area contributed by atoms with Crippen molar-refractivity contribution in [1.82, 2.24) is 24.6 Å². The molecule has 36 heavy (non-hydrogen) atoms. The average molecular weight is 484 g/mol. The molecular formula is C27H26FN7O.